The van der Waals surface area contributed by atoms with Gasteiger partial charge in [0.15, 0.2) is 8.24 Å². The molecule has 1 aromatic heterocycles. The van der Waals surface area contributed by atoms with Crippen LogP contribution in [0, 0.1) is 0 Å². The molecule has 116 valence electrons. The van der Waals surface area contributed by atoms with Crippen molar-refractivity contribution in [2.45, 2.75) is 57.2 Å². The molecule has 4 rings (SSSR count). The first-order valence-electron chi connectivity index (χ1n) is 8.24. The van der Waals surface area contributed by atoms with E-state index in [0.29, 0.717) is 16.9 Å². The predicted molar refractivity (Wildman–Crippen MR) is 101 cm³/mol. The molecule has 1 aromatic carbocycles. The van der Waals surface area contributed by atoms with Crippen LogP contribution in [0.15, 0.2) is 35.0 Å². The summed E-state index contributed by atoms with van der Waals surface area (Å²) in [5.74, 6) is 1.28. The first-order chi connectivity index (χ1) is 10.2. The Bertz CT molecular complexity index is 807. The highest BCUT2D eigenvalue weighted by atomic mass is 79.9. The van der Waals surface area contributed by atoms with Gasteiger partial charge < -0.3 is 4.23 Å². The van der Waals surface area contributed by atoms with E-state index >= 15 is 0 Å². The molecule has 0 saturated heterocycles. The van der Waals surface area contributed by atoms with Gasteiger partial charge in [-0.3, -0.25) is 0 Å². The Balaban J connectivity index is 2.07. The highest BCUT2D eigenvalue weighted by Gasteiger charge is 2.41. The van der Waals surface area contributed by atoms with Crippen molar-refractivity contribution in [1.29, 1.82) is 0 Å². The van der Waals surface area contributed by atoms with Gasteiger partial charge in [0.2, 0.25) is 0 Å². The molecule has 1 nitrogen and oxygen atoms in total. The first kappa shape index (κ1) is 14.8. The summed E-state index contributed by atoms with van der Waals surface area (Å²) in [5, 5.41) is 1.73. The van der Waals surface area contributed by atoms with E-state index in [1.165, 1.54) is 21.8 Å². The van der Waals surface area contributed by atoms with Gasteiger partial charge in [0.05, 0.1) is 0 Å². The Morgan fingerprint density at radius 3 is 2.55 bits per heavy atom. The van der Waals surface area contributed by atoms with Crippen LogP contribution >= 0.6 is 15.9 Å². The number of hydrogen-bond donors (Lipinski definition) is 0. The Morgan fingerprint density at radius 2 is 1.86 bits per heavy atom. The third-order valence-electron chi connectivity index (χ3n) is 6.28. The number of aromatic nitrogens is 1. The van der Waals surface area contributed by atoms with Crippen molar-refractivity contribution in [3.05, 3.63) is 46.1 Å². The van der Waals surface area contributed by atoms with E-state index in [4.69, 9.17) is 0 Å². The fourth-order valence-corrected chi connectivity index (χ4v) is 6.53. The number of rotatable bonds is 1. The van der Waals surface area contributed by atoms with E-state index < -0.39 is 8.24 Å². The molecule has 0 amide bonds. The lowest BCUT2D eigenvalue weighted by Gasteiger charge is -2.39. The minimum atomic E-state index is -1.61. The van der Waals surface area contributed by atoms with Crippen molar-refractivity contribution in [2.24, 2.45) is 0 Å². The van der Waals surface area contributed by atoms with Crippen molar-refractivity contribution < 1.29 is 0 Å². The summed E-state index contributed by atoms with van der Waals surface area (Å²) in [4.78, 5) is 0. The molecule has 2 atom stereocenters. The molecular weight excluding hydrogens is 350 g/mol. The first-order valence-corrected chi connectivity index (χ1v) is 12.0. The van der Waals surface area contributed by atoms with Crippen LogP contribution in [-0.4, -0.2) is 12.5 Å². The van der Waals surface area contributed by atoms with Crippen LogP contribution < -0.4 is 0 Å². The highest BCUT2D eigenvalue weighted by Crippen LogP contribution is 2.53. The highest BCUT2D eigenvalue weighted by molar-refractivity contribution is 9.10. The lowest BCUT2D eigenvalue weighted by Crippen LogP contribution is -2.45. The minimum Gasteiger partial charge on any atom is -0.374 e. The van der Waals surface area contributed by atoms with Crippen molar-refractivity contribution in [3.8, 4) is 0 Å². The molecule has 22 heavy (non-hydrogen) atoms. The molecule has 3 heteroatoms. The summed E-state index contributed by atoms with van der Waals surface area (Å²) in [6.07, 6.45) is 8.47. The van der Waals surface area contributed by atoms with Gasteiger partial charge in [0.25, 0.3) is 0 Å². The summed E-state index contributed by atoms with van der Waals surface area (Å²) >= 11 is 3.83. The normalized spacial score (nSPS) is 23.5. The van der Waals surface area contributed by atoms with Crippen molar-refractivity contribution in [3.63, 3.8) is 0 Å². The van der Waals surface area contributed by atoms with Crippen LogP contribution in [0.3, 0.4) is 0 Å². The van der Waals surface area contributed by atoms with Crippen molar-refractivity contribution in [1.82, 2.24) is 4.23 Å². The molecule has 2 bridgehead atoms. The fraction of sp³-hybridized carbons (Fsp3) is 0.474. The molecule has 2 aliphatic carbocycles. The molecule has 0 aliphatic heterocycles. The van der Waals surface area contributed by atoms with E-state index in [1.54, 1.807) is 11.1 Å². The van der Waals surface area contributed by atoms with E-state index in [9.17, 15) is 0 Å². The fourth-order valence-electron chi connectivity index (χ4n) is 4.00. The Labute approximate surface area is 142 Å². The van der Waals surface area contributed by atoms with Crippen molar-refractivity contribution in [2.75, 3.05) is 0 Å². The van der Waals surface area contributed by atoms with Gasteiger partial charge in [-0.05, 0) is 40.9 Å². The zero-order valence-electron chi connectivity index (χ0n) is 14.1. The predicted octanol–water partition coefficient (Wildman–Crippen LogP) is 6.40. The third-order valence-corrected chi connectivity index (χ3v) is 12.2. The van der Waals surface area contributed by atoms with Gasteiger partial charge in [-0.1, -0.05) is 61.9 Å². The van der Waals surface area contributed by atoms with Crippen molar-refractivity contribution >= 4 is 35.1 Å². The van der Waals surface area contributed by atoms with Gasteiger partial charge in [0, 0.05) is 27.2 Å². The molecule has 0 saturated carbocycles. The number of hydrogen-bond acceptors (Lipinski definition) is 0. The van der Waals surface area contributed by atoms with Gasteiger partial charge in [-0.25, -0.2) is 0 Å². The summed E-state index contributed by atoms with van der Waals surface area (Å²) in [7, 11) is -1.61. The molecule has 0 N–H and O–H groups in total. The quantitative estimate of drug-likeness (QED) is 0.402. The van der Waals surface area contributed by atoms with Crippen LogP contribution in [0.2, 0.25) is 18.1 Å². The maximum absolute atomic E-state index is 3.83. The molecule has 0 spiro atoms. The van der Waals surface area contributed by atoms with Gasteiger partial charge in [-0.15, -0.1) is 0 Å². The van der Waals surface area contributed by atoms with Crippen LogP contribution in [0.5, 0.6) is 0 Å². The maximum Gasteiger partial charge on any atom is 0.161 e. The van der Waals surface area contributed by atoms with Crippen LogP contribution in [0.4, 0.5) is 0 Å². The smallest absolute Gasteiger partial charge is 0.161 e. The lowest BCUT2D eigenvalue weighted by atomic mass is 9.95. The summed E-state index contributed by atoms with van der Waals surface area (Å²) in [5.41, 5.74) is 4.68. The van der Waals surface area contributed by atoms with Gasteiger partial charge in [0.1, 0.15) is 0 Å². The van der Waals surface area contributed by atoms with Crippen LogP contribution in [-0.2, 0) is 0 Å². The van der Waals surface area contributed by atoms with Gasteiger partial charge >= 0.3 is 0 Å². The van der Waals surface area contributed by atoms with E-state index in [2.05, 4.69) is 84.5 Å². The standard InChI is InChI=1S/C19H24BrNSi/c1-19(2,3)22(4,5)21-9-8-14-16(20)11-15-12-6-7-13(10-12)17(15)18(14)21/h6-9,11-13H,10H2,1-5H3/t12-,13+/m0/s1. The average molecular weight is 374 g/mol. The Morgan fingerprint density at radius 1 is 1.18 bits per heavy atom. The third kappa shape index (κ3) is 1.75. The maximum atomic E-state index is 3.83. The molecule has 0 unspecified atom stereocenters. The average Bonchev–Trinajstić information content (AvgIpc) is 3.10. The molecule has 1 heterocycles. The SMILES string of the molecule is CC(C)(C)[Si](C)(C)n1ccc2c(Br)cc3c(c21)[C@@H]1C=C[C@H]3C1. The van der Waals surface area contributed by atoms with E-state index in [0.717, 1.165) is 0 Å². The van der Waals surface area contributed by atoms with Crippen LogP contribution in [0.1, 0.15) is 50.2 Å². The van der Waals surface area contributed by atoms with E-state index in [-0.39, 0.29) is 0 Å². The zero-order chi connectivity index (χ0) is 15.9. The largest absolute Gasteiger partial charge is 0.374 e. The second-order valence-corrected chi connectivity index (χ2v) is 14.4. The second kappa shape index (κ2) is 4.39. The van der Waals surface area contributed by atoms with E-state index in [1.807, 2.05) is 0 Å². The molecule has 2 aromatic rings. The lowest BCUT2D eigenvalue weighted by molar-refractivity contribution is 0.702. The topological polar surface area (TPSA) is 4.93 Å². The summed E-state index contributed by atoms with van der Waals surface area (Å²) in [6.45, 7) is 12.2. The molecule has 2 aliphatic rings. The molecule has 0 fully saturated rings. The number of fused-ring (bicyclic) bond motifs is 7. The molecular formula is C19H24BrNSi. The molecule has 0 radical (unpaired) electrons. The second-order valence-electron chi connectivity index (χ2n) is 8.45. The number of nitrogens with zero attached hydrogens (tertiary/aromatic N) is 1. The summed E-state index contributed by atoms with van der Waals surface area (Å²) < 4.78 is 3.93. The number of allylic oxidation sites excluding steroid dienone is 2. The van der Waals surface area contributed by atoms with Crippen LogP contribution in [0.25, 0.3) is 10.9 Å². The van der Waals surface area contributed by atoms with Gasteiger partial charge in [-0.2, -0.15) is 0 Å². The summed E-state index contributed by atoms with van der Waals surface area (Å²) in [6, 6.07) is 4.69. The Kier molecular flexibility index (Phi) is 2.94. The number of halogens is 1. The zero-order valence-corrected chi connectivity index (χ0v) is 16.7. The monoisotopic (exact) mass is 373 g/mol. The minimum absolute atomic E-state index is 0.335. The number of benzene rings is 1. The Hall–Kier alpha value is -0.803.